The van der Waals surface area contributed by atoms with Gasteiger partial charge in [0.15, 0.2) is 5.65 Å². The van der Waals surface area contributed by atoms with Crippen molar-refractivity contribution in [2.45, 2.75) is 13.0 Å². The zero-order valence-corrected chi connectivity index (χ0v) is 12.2. The largest absolute Gasteiger partial charge is 0.352 e. The fourth-order valence-corrected chi connectivity index (χ4v) is 2.38. The summed E-state index contributed by atoms with van der Waals surface area (Å²) in [5, 5.41) is 5.12. The topological polar surface area (TPSA) is 46.8 Å². The first-order valence-corrected chi connectivity index (χ1v) is 6.69. The number of fused-ring (bicyclic) bond motifs is 1. The minimum atomic E-state index is -0.231. The molecule has 108 valence electrons. The quantitative estimate of drug-likeness (QED) is 0.742. The molecule has 2 aromatic heterocycles. The normalized spacial score (nSPS) is 12.6. The van der Waals surface area contributed by atoms with E-state index in [0.29, 0.717) is 0 Å². The van der Waals surface area contributed by atoms with E-state index in [4.69, 9.17) is 0 Å². The Bertz CT molecular complexity index is 765. The molecule has 1 atom stereocenters. The van der Waals surface area contributed by atoms with Crippen LogP contribution >= 0.6 is 0 Å². The highest BCUT2D eigenvalue weighted by molar-refractivity contribution is 5.86. The lowest BCUT2D eigenvalue weighted by molar-refractivity contribution is 0.625. The molecule has 6 heteroatoms. The third kappa shape index (κ3) is 2.33. The molecule has 0 aliphatic heterocycles. The summed E-state index contributed by atoms with van der Waals surface area (Å²) in [5.74, 6) is 0.579. The van der Waals surface area contributed by atoms with Crippen molar-refractivity contribution in [3.8, 4) is 0 Å². The van der Waals surface area contributed by atoms with E-state index in [1.54, 1.807) is 23.0 Å². The molecule has 0 amide bonds. The molecular formula is C15H16FN5. The Morgan fingerprint density at radius 3 is 2.62 bits per heavy atom. The first kappa shape index (κ1) is 13.5. The molecule has 0 aliphatic rings. The van der Waals surface area contributed by atoms with Crippen LogP contribution in [0.25, 0.3) is 11.0 Å². The van der Waals surface area contributed by atoms with Gasteiger partial charge in [0, 0.05) is 14.1 Å². The summed E-state index contributed by atoms with van der Waals surface area (Å²) in [6, 6.07) is 6.58. The lowest BCUT2D eigenvalue weighted by atomic mass is 10.1. The predicted molar refractivity (Wildman–Crippen MR) is 79.5 cm³/mol. The van der Waals surface area contributed by atoms with Crippen LogP contribution in [0.1, 0.15) is 18.5 Å². The highest BCUT2D eigenvalue weighted by Gasteiger charge is 2.17. The molecule has 3 rings (SSSR count). The van der Waals surface area contributed by atoms with Gasteiger partial charge in [-0.3, -0.25) is 4.68 Å². The van der Waals surface area contributed by atoms with E-state index < -0.39 is 0 Å². The molecule has 0 unspecified atom stereocenters. The maximum atomic E-state index is 13.0. The smallest absolute Gasteiger partial charge is 0.163 e. The Hall–Kier alpha value is -2.50. The number of nitrogens with zero attached hydrogens (tertiary/aromatic N) is 5. The molecule has 5 nitrogen and oxygen atoms in total. The summed E-state index contributed by atoms with van der Waals surface area (Å²) >= 11 is 0. The first-order chi connectivity index (χ1) is 10.1. The highest BCUT2D eigenvalue weighted by Crippen LogP contribution is 2.28. The van der Waals surface area contributed by atoms with E-state index in [1.165, 1.54) is 18.5 Å². The second-order valence-corrected chi connectivity index (χ2v) is 5.04. The number of hydrogen-bond acceptors (Lipinski definition) is 4. The van der Waals surface area contributed by atoms with Crippen LogP contribution < -0.4 is 4.90 Å². The number of hydrogen-bond donors (Lipinski definition) is 0. The molecule has 0 saturated carbocycles. The van der Waals surface area contributed by atoms with Crippen LogP contribution in [-0.2, 0) is 7.05 Å². The maximum absolute atomic E-state index is 13.0. The zero-order valence-electron chi connectivity index (χ0n) is 12.2. The standard InChI is InChI=1S/C15H16FN5/c1-10(11-4-6-12(16)7-5-11)20(2)14-13-8-19-21(3)15(13)18-9-17-14/h4-10H,1-3H3/t10-/m0/s1. The van der Waals surface area contributed by atoms with Crippen LogP contribution in [0.2, 0.25) is 0 Å². The summed E-state index contributed by atoms with van der Waals surface area (Å²) in [7, 11) is 3.81. The Morgan fingerprint density at radius 2 is 1.90 bits per heavy atom. The van der Waals surface area contributed by atoms with E-state index >= 15 is 0 Å². The van der Waals surface area contributed by atoms with Crippen molar-refractivity contribution in [3.63, 3.8) is 0 Å². The number of anilines is 1. The SMILES string of the molecule is C[C@@H](c1ccc(F)cc1)N(C)c1ncnc2c1cnn2C. The average Bonchev–Trinajstić information content (AvgIpc) is 2.88. The van der Waals surface area contributed by atoms with Gasteiger partial charge in [0.2, 0.25) is 0 Å². The van der Waals surface area contributed by atoms with Gasteiger partial charge in [0.05, 0.1) is 17.6 Å². The molecule has 1 aromatic carbocycles. The van der Waals surface area contributed by atoms with E-state index in [0.717, 1.165) is 22.4 Å². The van der Waals surface area contributed by atoms with Gasteiger partial charge in [-0.05, 0) is 24.6 Å². The molecule has 0 radical (unpaired) electrons. The Morgan fingerprint density at radius 1 is 1.19 bits per heavy atom. The van der Waals surface area contributed by atoms with E-state index in [1.807, 2.05) is 19.0 Å². The fourth-order valence-electron chi connectivity index (χ4n) is 2.38. The summed E-state index contributed by atoms with van der Waals surface area (Å²) < 4.78 is 14.8. The van der Waals surface area contributed by atoms with Crippen molar-refractivity contribution < 1.29 is 4.39 Å². The van der Waals surface area contributed by atoms with Crippen molar-refractivity contribution in [2.75, 3.05) is 11.9 Å². The van der Waals surface area contributed by atoms with Gasteiger partial charge in [0.1, 0.15) is 18.0 Å². The average molecular weight is 285 g/mol. The van der Waals surface area contributed by atoms with Gasteiger partial charge in [-0.15, -0.1) is 0 Å². The third-order valence-corrected chi connectivity index (χ3v) is 3.78. The van der Waals surface area contributed by atoms with Crippen molar-refractivity contribution in [1.82, 2.24) is 19.7 Å². The molecule has 0 N–H and O–H groups in total. The minimum absolute atomic E-state index is 0.0592. The second-order valence-electron chi connectivity index (χ2n) is 5.04. The van der Waals surface area contributed by atoms with Crippen LogP contribution in [0, 0.1) is 5.82 Å². The molecule has 0 fully saturated rings. The van der Waals surface area contributed by atoms with Crippen molar-refractivity contribution >= 4 is 16.9 Å². The predicted octanol–water partition coefficient (Wildman–Crippen LogP) is 2.70. The maximum Gasteiger partial charge on any atom is 0.163 e. The molecule has 2 heterocycles. The zero-order chi connectivity index (χ0) is 15.0. The van der Waals surface area contributed by atoms with Crippen molar-refractivity contribution in [1.29, 1.82) is 0 Å². The van der Waals surface area contributed by atoms with Crippen LogP contribution in [0.3, 0.4) is 0 Å². The third-order valence-electron chi connectivity index (χ3n) is 3.78. The molecule has 0 saturated heterocycles. The summed E-state index contributed by atoms with van der Waals surface area (Å²) in [6.45, 7) is 2.05. The van der Waals surface area contributed by atoms with Gasteiger partial charge in [-0.2, -0.15) is 5.10 Å². The van der Waals surface area contributed by atoms with Gasteiger partial charge in [-0.1, -0.05) is 12.1 Å². The lowest BCUT2D eigenvalue weighted by Crippen LogP contribution is -2.23. The molecule has 0 spiro atoms. The molecule has 21 heavy (non-hydrogen) atoms. The van der Waals surface area contributed by atoms with Gasteiger partial charge >= 0.3 is 0 Å². The van der Waals surface area contributed by atoms with Crippen molar-refractivity contribution in [2.24, 2.45) is 7.05 Å². The highest BCUT2D eigenvalue weighted by atomic mass is 19.1. The van der Waals surface area contributed by atoms with Gasteiger partial charge in [-0.25, -0.2) is 14.4 Å². The number of aryl methyl sites for hydroxylation is 1. The Balaban J connectivity index is 2.00. The van der Waals surface area contributed by atoms with E-state index in [-0.39, 0.29) is 11.9 Å². The number of halogens is 1. The van der Waals surface area contributed by atoms with E-state index in [9.17, 15) is 4.39 Å². The minimum Gasteiger partial charge on any atom is -0.352 e. The molecule has 3 aromatic rings. The summed E-state index contributed by atoms with van der Waals surface area (Å²) in [4.78, 5) is 10.7. The lowest BCUT2D eigenvalue weighted by Gasteiger charge is -2.26. The second kappa shape index (κ2) is 5.12. The van der Waals surface area contributed by atoms with E-state index in [2.05, 4.69) is 22.0 Å². The summed E-state index contributed by atoms with van der Waals surface area (Å²) in [5.41, 5.74) is 1.81. The van der Waals surface area contributed by atoms with Crippen LogP contribution in [0.4, 0.5) is 10.2 Å². The van der Waals surface area contributed by atoms with Crippen molar-refractivity contribution in [3.05, 3.63) is 48.2 Å². The summed E-state index contributed by atoms with van der Waals surface area (Å²) in [6.07, 6.45) is 3.30. The number of aromatic nitrogens is 4. The molecule has 0 aliphatic carbocycles. The van der Waals surface area contributed by atoms with Crippen LogP contribution in [-0.4, -0.2) is 26.8 Å². The van der Waals surface area contributed by atoms with Crippen LogP contribution in [0.5, 0.6) is 0 Å². The number of benzene rings is 1. The number of rotatable bonds is 3. The van der Waals surface area contributed by atoms with Gasteiger partial charge < -0.3 is 4.90 Å². The Kier molecular flexibility index (Phi) is 3.29. The van der Waals surface area contributed by atoms with Gasteiger partial charge in [0.25, 0.3) is 0 Å². The fraction of sp³-hybridized carbons (Fsp3) is 0.267. The van der Waals surface area contributed by atoms with Crippen LogP contribution in [0.15, 0.2) is 36.8 Å². The molecular weight excluding hydrogens is 269 g/mol. The monoisotopic (exact) mass is 285 g/mol. The molecule has 0 bridgehead atoms. The Labute approximate surface area is 122 Å². The first-order valence-electron chi connectivity index (χ1n) is 6.69.